The minimum Gasteiger partial charge on any atom is -0.251 e. The van der Waals surface area contributed by atoms with Crippen molar-refractivity contribution >= 4 is 0 Å². The van der Waals surface area contributed by atoms with Crippen LogP contribution in [0.15, 0.2) is 5.11 Å². The molecule has 0 N–H and O–H groups in total. The van der Waals surface area contributed by atoms with E-state index in [1.165, 1.54) is 0 Å². The SMILES string of the molecule is [N-]=[N+]=NCCF. The van der Waals surface area contributed by atoms with Crippen molar-refractivity contribution in [1.29, 1.82) is 0 Å². The monoisotopic (exact) mass is 89.0 g/mol. The molecule has 3 nitrogen and oxygen atoms in total. The Kier molecular flexibility index (Phi) is 3.70. The minimum absolute atomic E-state index is 0.0451. The smallest absolute Gasteiger partial charge is 0.0950 e. The highest BCUT2D eigenvalue weighted by Gasteiger charge is 1.69. The maximum atomic E-state index is 10.9. The molecule has 0 aliphatic rings. The first kappa shape index (κ1) is 5.24. The van der Waals surface area contributed by atoms with Gasteiger partial charge in [0.05, 0.1) is 13.2 Å². The van der Waals surface area contributed by atoms with Crippen molar-refractivity contribution < 1.29 is 4.39 Å². The number of alkyl halides is 1. The summed E-state index contributed by atoms with van der Waals surface area (Å²) >= 11 is 0. The highest BCUT2D eigenvalue weighted by Crippen LogP contribution is 1.69. The molecule has 0 aliphatic carbocycles. The second kappa shape index (κ2) is 4.24. The van der Waals surface area contributed by atoms with Crippen LogP contribution in [0.5, 0.6) is 0 Å². The molecule has 0 aromatic rings. The Bertz CT molecular complexity index is 65.2. The number of nitrogens with zero attached hydrogens (tertiary/aromatic N) is 3. The Morgan fingerprint density at radius 2 is 2.50 bits per heavy atom. The maximum Gasteiger partial charge on any atom is 0.0950 e. The van der Waals surface area contributed by atoms with Gasteiger partial charge in [-0.05, 0) is 5.53 Å². The molecule has 0 saturated carbocycles. The number of halogens is 1. The lowest BCUT2D eigenvalue weighted by atomic mass is 10.8. The fourth-order valence-electron chi connectivity index (χ4n) is 0.0825. The van der Waals surface area contributed by atoms with E-state index >= 15 is 0 Å². The molecule has 0 atom stereocenters. The van der Waals surface area contributed by atoms with Crippen LogP contribution in [0.2, 0.25) is 0 Å². The van der Waals surface area contributed by atoms with E-state index in [4.69, 9.17) is 5.53 Å². The molecule has 34 valence electrons. The van der Waals surface area contributed by atoms with E-state index in [2.05, 4.69) is 10.0 Å². The molecule has 0 aromatic carbocycles. The molecule has 0 rings (SSSR count). The molecule has 0 fully saturated rings. The number of azide groups is 1. The van der Waals surface area contributed by atoms with Gasteiger partial charge in [0, 0.05) is 4.91 Å². The molecule has 0 bridgehead atoms. The van der Waals surface area contributed by atoms with Crippen LogP contribution in [0.4, 0.5) is 4.39 Å². The molecule has 0 spiro atoms. The highest BCUT2D eigenvalue weighted by atomic mass is 19.1. The third-order valence-electron chi connectivity index (χ3n) is 0.248. The predicted molar refractivity (Wildman–Crippen MR) is 20.0 cm³/mol. The van der Waals surface area contributed by atoms with Gasteiger partial charge < -0.3 is 0 Å². The zero-order valence-electron chi connectivity index (χ0n) is 3.13. The van der Waals surface area contributed by atoms with Crippen molar-refractivity contribution in [1.82, 2.24) is 0 Å². The summed E-state index contributed by atoms with van der Waals surface area (Å²) in [6, 6.07) is 0. The van der Waals surface area contributed by atoms with Crippen LogP contribution in [0, 0.1) is 0 Å². The van der Waals surface area contributed by atoms with E-state index < -0.39 is 6.67 Å². The Balaban J connectivity index is 2.86. The Morgan fingerprint density at radius 1 is 1.83 bits per heavy atom. The van der Waals surface area contributed by atoms with Crippen LogP contribution < -0.4 is 0 Å². The molecular formula is C2H4FN3. The van der Waals surface area contributed by atoms with E-state index in [0.717, 1.165) is 0 Å². The molecule has 0 unspecified atom stereocenters. The van der Waals surface area contributed by atoms with Gasteiger partial charge in [-0.2, -0.15) is 0 Å². The Morgan fingerprint density at radius 3 is 2.67 bits per heavy atom. The zero-order valence-corrected chi connectivity index (χ0v) is 3.13. The quantitative estimate of drug-likeness (QED) is 0.278. The average molecular weight is 89.1 g/mol. The fraction of sp³-hybridized carbons (Fsp3) is 1.00. The molecule has 0 saturated heterocycles. The molecule has 4 heteroatoms. The van der Waals surface area contributed by atoms with Gasteiger partial charge in [-0.15, -0.1) is 0 Å². The first-order valence-electron chi connectivity index (χ1n) is 1.48. The lowest BCUT2D eigenvalue weighted by molar-refractivity contribution is 0.503. The van der Waals surface area contributed by atoms with Gasteiger partial charge in [-0.25, -0.2) is 0 Å². The molecular weight excluding hydrogens is 85.0 g/mol. The summed E-state index contributed by atoms with van der Waals surface area (Å²) in [4.78, 5) is 2.31. The first-order chi connectivity index (χ1) is 2.91. The van der Waals surface area contributed by atoms with Crippen molar-refractivity contribution in [3.8, 4) is 0 Å². The van der Waals surface area contributed by atoms with Crippen molar-refractivity contribution in [3.05, 3.63) is 10.4 Å². The standard InChI is InChI=1S/C2H4FN3/c3-1-2-5-6-4/h1-2H2. The van der Waals surface area contributed by atoms with Crippen molar-refractivity contribution in [2.24, 2.45) is 5.11 Å². The topological polar surface area (TPSA) is 48.8 Å². The van der Waals surface area contributed by atoms with Gasteiger partial charge in [0.2, 0.25) is 0 Å². The third-order valence-corrected chi connectivity index (χ3v) is 0.248. The molecule has 0 aromatic heterocycles. The normalized spacial score (nSPS) is 6.83. The number of rotatable bonds is 2. The van der Waals surface area contributed by atoms with Gasteiger partial charge in [-0.3, -0.25) is 4.39 Å². The van der Waals surface area contributed by atoms with E-state index in [1.54, 1.807) is 0 Å². The maximum absolute atomic E-state index is 10.9. The lowest BCUT2D eigenvalue weighted by Gasteiger charge is -1.68. The van der Waals surface area contributed by atoms with E-state index in [9.17, 15) is 4.39 Å². The first-order valence-corrected chi connectivity index (χ1v) is 1.48. The fourth-order valence-corrected chi connectivity index (χ4v) is 0.0825. The Hall–Kier alpha value is -0.760. The largest absolute Gasteiger partial charge is 0.251 e. The van der Waals surface area contributed by atoms with Gasteiger partial charge in [0.1, 0.15) is 0 Å². The summed E-state index contributed by atoms with van der Waals surface area (Å²) in [6.45, 7) is -0.611. The summed E-state index contributed by atoms with van der Waals surface area (Å²) in [5, 5.41) is 2.90. The molecule has 0 radical (unpaired) electrons. The molecule has 0 amide bonds. The van der Waals surface area contributed by atoms with Crippen LogP contribution in [0.1, 0.15) is 0 Å². The van der Waals surface area contributed by atoms with Crippen LogP contribution >= 0.6 is 0 Å². The van der Waals surface area contributed by atoms with Crippen LogP contribution in [-0.4, -0.2) is 13.2 Å². The van der Waals surface area contributed by atoms with Gasteiger partial charge in [0.15, 0.2) is 0 Å². The van der Waals surface area contributed by atoms with Gasteiger partial charge >= 0.3 is 0 Å². The van der Waals surface area contributed by atoms with Crippen LogP contribution in [0.25, 0.3) is 10.4 Å². The van der Waals surface area contributed by atoms with E-state index in [1.807, 2.05) is 0 Å². The zero-order chi connectivity index (χ0) is 4.83. The lowest BCUT2D eigenvalue weighted by Crippen LogP contribution is -1.74. The van der Waals surface area contributed by atoms with Crippen molar-refractivity contribution in [3.63, 3.8) is 0 Å². The average Bonchev–Trinajstić information content (AvgIpc) is 1.61. The summed E-state index contributed by atoms with van der Waals surface area (Å²) in [5.74, 6) is 0. The van der Waals surface area contributed by atoms with Crippen LogP contribution in [0.3, 0.4) is 0 Å². The third kappa shape index (κ3) is 3.24. The summed E-state index contributed by atoms with van der Waals surface area (Å²) in [7, 11) is 0. The second-order valence-corrected chi connectivity index (χ2v) is 0.643. The van der Waals surface area contributed by atoms with Crippen molar-refractivity contribution in [2.75, 3.05) is 13.2 Å². The van der Waals surface area contributed by atoms with Crippen LogP contribution in [-0.2, 0) is 0 Å². The van der Waals surface area contributed by atoms with E-state index in [-0.39, 0.29) is 6.54 Å². The van der Waals surface area contributed by atoms with Gasteiger partial charge in [0.25, 0.3) is 0 Å². The molecule has 0 heterocycles. The van der Waals surface area contributed by atoms with Gasteiger partial charge in [-0.1, -0.05) is 5.11 Å². The number of hydrogen-bond donors (Lipinski definition) is 0. The minimum atomic E-state index is -0.565. The van der Waals surface area contributed by atoms with Crippen molar-refractivity contribution in [2.45, 2.75) is 0 Å². The second-order valence-electron chi connectivity index (χ2n) is 0.643. The summed E-state index contributed by atoms with van der Waals surface area (Å²) in [5.41, 5.74) is 7.49. The highest BCUT2D eigenvalue weighted by molar-refractivity contribution is 4.41. The predicted octanol–water partition coefficient (Wildman–Crippen LogP) is 1.27. The molecule has 0 aliphatic heterocycles. The van der Waals surface area contributed by atoms with E-state index in [0.29, 0.717) is 0 Å². The number of hydrogen-bond acceptors (Lipinski definition) is 1. The summed E-state index contributed by atoms with van der Waals surface area (Å²) < 4.78 is 10.9. The molecule has 6 heavy (non-hydrogen) atoms. The Labute approximate surface area is 34.4 Å². The summed E-state index contributed by atoms with van der Waals surface area (Å²) in [6.07, 6.45) is 0.